The minimum Gasteiger partial charge on any atom is -0.527 e. The Balaban J connectivity index is 0.00000289. The van der Waals surface area contributed by atoms with E-state index in [1.807, 2.05) is 36.4 Å². The Kier molecular flexibility index (Phi) is 8.07. The van der Waals surface area contributed by atoms with Crippen LogP contribution in [0.3, 0.4) is 0 Å². The van der Waals surface area contributed by atoms with E-state index in [1.54, 1.807) is 29.1 Å². The van der Waals surface area contributed by atoms with Crippen LogP contribution in [-0.4, -0.2) is 49.2 Å². The number of nitrogens with zero attached hydrogens (tertiary/aromatic N) is 6. The molecule has 0 aliphatic rings. The fourth-order valence-corrected chi connectivity index (χ4v) is 3.82. The number of aromatic nitrogens is 5. The average Bonchev–Trinajstić information content (AvgIpc) is 3.26. The molecule has 35 heavy (non-hydrogen) atoms. The number of aliphatic hydroxyl groups is 1. The van der Waals surface area contributed by atoms with E-state index in [0.717, 1.165) is 22.0 Å². The van der Waals surface area contributed by atoms with Crippen LogP contribution in [0.4, 0.5) is 0 Å². The first-order chi connectivity index (χ1) is 16.6. The Bertz CT molecular complexity index is 1510. The first-order valence-electron chi connectivity index (χ1n) is 10.4. The maximum absolute atomic E-state index is 12.1. The van der Waals surface area contributed by atoms with Gasteiger partial charge in [-0.3, -0.25) is 4.98 Å². The number of benzene rings is 2. The van der Waals surface area contributed by atoms with E-state index in [1.165, 1.54) is 0 Å². The summed E-state index contributed by atoms with van der Waals surface area (Å²) in [5.41, 5.74) is 8.30. The molecular formula is C24H18ClN6NaO3. The second-order valence-electron chi connectivity index (χ2n) is 7.46. The molecule has 0 radical (unpaired) electrons. The number of aliphatic hydroxyl groups excluding tert-OH is 1. The van der Waals surface area contributed by atoms with Crippen molar-refractivity contribution in [1.82, 2.24) is 25.0 Å². The van der Waals surface area contributed by atoms with Crippen LogP contribution in [0.15, 0.2) is 66.9 Å². The van der Waals surface area contributed by atoms with Crippen molar-refractivity contribution >= 4 is 39.6 Å². The summed E-state index contributed by atoms with van der Waals surface area (Å²) in [5.74, 6) is -0.624. The van der Waals surface area contributed by atoms with Crippen molar-refractivity contribution in [2.75, 3.05) is 13.2 Å². The number of hydroxylamine groups is 1. The largest absolute Gasteiger partial charge is 1.00 e. The van der Waals surface area contributed by atoms with Gasteiger partial charge in [0.05, 0.1) is 36.0 Å². The van der Waals surface area contributed by atoms with Crippen molar-refractivity contribution in [3.63, 3.8) is 0 Å². The van der Waals surface area contributed by atoms with Crippen molar-refractivity contribution < 1.29 is 44.3 Å². The second-order valence-corrected chi connectivity index (χ2v) is 7.87. The molecule has 170 valence electrons. The van der Waals surface area contributed by atoms with Gasteiger partial charge in [0.2, 0.25) is 0 Å². The number of pyridine rings is 2. The molecular weight excluding hydrogens is 479 g/mol. The van der Waals surface area contributed by atoms with Gasteiger partial charge < -0.3 is 20.2 Å². The molecule has 3 aromatic heterocycles. The van der Waals surface area contributed by atoms with Crippen molar-refractivity contribution in [2.24, 2.45) is 0 Å². The van der Waals surface area contributed by atoms with Gasteiger partial charge >= 0.3 is 29.6 Å². The first-order valence-corrected chi connectivity index (χ1v) is 10.8. The smallest absolute Gasteiger partial charge is 0.527 e. The molecule has 2 aromatic carbocycles. The normalized spacial score (nSPS) is 10.9. The Hall–Kier alpha value is -2.92. The van der Waals surface area contributed by atoms with Gasteiger partial charge in [-0.25, -0.2) is 9.67 Å². The van der Waals surface area contributed by atoms with Gasteiger partial charge in [0, 0.05) is 22.7 Å². The van der Waals surface area contributed by atoms with Gasteiger partial charge in [0.1, 0.15) is 11.4 Å². The fourth-order valence-electron chi connectivity index (χ4n) is 3.56. The van der Waals surface area contributed by atoms with Crippen LogP contribution in [-0.2, 0) is 11.4 Å². The van der Waals surface area contributed by atoms with Crippen LogP contribution >= 0.6 is 11.6 Å². The monoisotopic (exact) mass is 496 g/mol. The van der Waals surface area contributed by atoms with Crippen molar-refractivity contribution in [1.29, 1.82) is 0 Å². The van der Waals surface area contributed by atoms with E-state index in [0.29, 0.717) is 23.4 Å². The number of hydrogen-bond donors (Lipinski definition) is 1. The van der Waals surface area contributed by atoms with Gasteiger partial charge in [-0.1, -0.05) is 41.1 Å². The molecule has 1 N–H and O–H groups in total. The van der Waals surface area contributed by atoms with Crippen LogP contribution in [0.5, 0.6) is 0 Å². The summed E-state index contributed by atoms with van der Waals surface area (Å²) in [6.07, 6.45) is 1.77. The average molecular weight is 497 g/mol. The fraction of sp³-hybridized carbons (Fsp3) is 0.125. The molecule has 0 saturated carbocycles. The number of rotatable bonds is 7. The molecule has 0 bridgehead atoms. The van der Waals surface area contributed by atoms with Crippen LogP contribution in [0, 0.1) is 0 Å². The summed E-state index contributed by atoms with van der Waals surface area (Å²) < 4.78 is 1.74. The summed E-state index contributed by atoms with van der Waals surface area (Å²) in [4.78, 5) is 26.0. The summed E-state index contributed by atoms with van der Waals surface area (Å²) in [6, 6.07) is 18.6. The Labute approximate surface area is 227 Å². The van der Waals surface area contributed by atoms with E-state index >= 15 is 0 Å². The Morgan fingerprint density at radius 2 is 1.94 bits per heavy atom. The zero-order valence-corrected chi connectivity index (χ0v) is 21.6. The van der Waals surface area contributed by atoms with E-state index < -0.39 is 5.91 Å². The predicted octanol–water partition coefficient (Wildman–Crippen LogP) is 1.18. The van der Waals surface area contributed by atoms with Crippen LogP contribution < -0.4 is 29.6 Å². The van der Waals surface area contributed by atoms with Crippen molar-refractivity contribution in [2.45, 2.75) is 6.54 Å². The van der Waals surface area contributed by atoms with Crippen LogP contribution in [0.2, 0.25) is 5.02 Å². The molecule has 9 nitrogen and oxygen atoms in total. The molecule has 0 atom stereocenters. The Morgan fingerprint density at radius 1 is 1.09 bits per heavy atom. The van der Waals surface area contributed by atoms with Gasteiger partial charge in [-0.2, -0.15) is 0 Å². The maximum atomic E-state index is 12.1. The number of hydrogen-bond acceptors (Lipinski definition) is 7. The number of halogens is 1. The SMILES string of the molecule is O=C([N-]OCCO)c1ccc(-c2ccc3nnn(Cc4ccc5ncccc5c4)c3n2)cc1Cl.[Na+]. The molecule has 0 aliphatic heterocycles. The molecule has 0 unspecified atom stereocenters. The van der Waals surface area contributed by atoms with Gasteiger partial charge in [0.25, 0.3) is 0 Å². The standard InChI is InChI=1S/C24H19ClN6O3.Na/c25-19-13-17(4-5-18(19)24(33)29-34-11-10-32)21-7-8-22-23(27-21)31(30-28-22)14-15-3-6-20-16(12-15)2-1-9-26-20;/h1-9,12-13,32H,10-11,14H2,(H,29,33);/q;+1/p-1. The summed E-state index contributed by atoms with van der Waals surface area (Å²) in [7, 11) is 0. The van der Waals surface area contributed by atoms with Crippen LogP contribution in [0.1, 0.15) is 15.9 Å². The van der Waals surface area contributed by atoms with Gasteiger partial charge in [0.15, 0.2) is 5.65 Å². The van der Waals surface area contributed by atoms with Crippen molar-refractivity contribution in [3.05, 3.63) is 88.5 Å². The third kappa shape index (κ3) is 5.51. The maximum Gasteiger partial charge on any atom is 1.00 e. The number of amides is 1. The molecule has 0 fully saturated rings. The first kappa shape index (κ1) is 25.2. The van der Waals surface area contributed by atoms with E-state index in [4.69, 9.17) is 26.5 Å². The summed E-state index contributed by atoms with van der Waals surface area (Å²) in [6.45, 7) is 0.200. The zero-order valence-electron chi connectivity index (χ0n) is 18.8. The predicted molar refractivity (Wildman–Crippen MR) is 127 cm³/mol. The Morgan fingerprint density at radius 3 is 2.77 bits per heavy atom. The van der Waals surface area contributed by atoms with E-state index in [2.05, 4.69) is 26.8 Å². The topological polar surface area (TPSA) is 117 Å². The third-order valence-electron chi connectivity index (χ3n) is 5.18. The molecule has 1 amide bonds. The van der Waals surface area contributed by atoms with E-state index in [9.17, 15) is 4.79 Å². The molecule has 0 saturated heterocycles. The third-order valence-corrected chi connectivity index (χ3v) is 5.50. The van der Waals surface area contributed by atoms with E-state index in [-0.39, 0.29) is 53.4 Å². The number of fused-ring (bicyclic) bond motifs is 2. The molecule has 0 spiro atoms. The molecule has 11 heteroatoms. The zero-order chi connectivity index (χ0) is 23.5. The van der Waals surface area contributed by atoms with Crippen molar-refractivity contribution in [3.8, 4) is 11.3 Å². The number of carbonyl (C=O) groups excluding carboxylic acids is 1. The summed E-state index contributed by atoms with van der Waals surface area (Å²) in [5, 5.41) is 18.5. The summed E-state index contributed by atoms with van der Waals surface area (Å²) >= 11 is 6.32. The van der Waals surface area contributed by atoms with Gasteiger partial charge in [-0.05, 0) is 42.0 Å². The molecule has 5 aromatic rings. The van der Waals surface area contributed by atoms with Gasteiger partial charge in [-0.15, -0.1) is 5.10 Å². The van der Waals surface area contributed by atoms with Crippen LogP contribution in [0.25, 0.3) is 38.8 Å². The molecule has 3 heterocycles. The minimum absolute atomic E-state index is 0. The minimum atomic E-state index is -0.624. The second kappa shape index (κ2) is 11.2. The molecule has 0 aliphatic carbocycles. The quantitative estimate of drug-likeness (QED) is 0.204. The number of carbonyl (C=O) groups is 1. The molecule has 5 rings (SSSR count).